The van der Waals surface area contributed by atoms with E-state index in [4.69, 9.17) is 16.3 Å². The van der Waals surface area contributed by atoms with Crippen LogP contribution in [0, 0.1) is 0 Å². The van der Waals surface area contributed by atoms with Gasteiger partial charge in [0.15, 0.2) is 0 Å². The van der Waals surface area contributed by atoms with Crippen LogP contribution in [0.3, 0.4) is 0 Å². The second kappa shape index (κ2) is 6.17. The summed E-state index contributed by atoms with van der Waals surface area (Å²) in [5, 5.41) is 3.42. The van der Waals surface area contributed by atoms with Crippen LogP contribution in [-0.2, 0) is 12.5 Å². The predicted molar refractivity (Wildman–Crippen MR) is 89.9 cm³/mol. The number of rotatable bonds is 4. The molecule has 0 atom stereocenters. The average Bonchev–Trinajstić information content (AvgIpc) is 2.89. The second-order valence-corrected chi connectivity index (χ2v) is 6.44. The molecule has 3 rings (SSSR count). The van der Waals surface area contributed by atoms with E-state index in [2.05, 4.69) is 45.6 Å². The van der Waals surface area contributed by atoms with Crippen molar-refractivity contribution in [3.05, 3.63) is 63.4 Å². The Kier molecular flexibility index (Phi) is 4.29. The largest absolute Gasteiger partial charge is 0.487 e. The lowest BCUT2D eigenvalue weighted by Gasteiger charge is -2.11. The SMILES string of the molecule is ClCc1cccc(Br)c1OCc1csc2ccccc12. The summed E-state index contributed by atoms with van der Waals surface area (Å²) in [5.74, 6) is 1.27. The van der Waals surface area contributed by atoms with E-state index < -0.39 is 0 Å². The molecule has 0 spiro atoms. The van der Waals surface area contributed by atoms with Gasteiger partial charge in [-0.05, 0) is 38.8 Å². The van der Waals surface area contributed by atoms with Crippen molar-refractivity contribution in [2.24, 2.45) is 0 Å². The zero-order chi connectivity index (χ0) is 13.9. The van der Waals surface area contributed by atoms with Crippen LogP contribution in [0.1, 0.15) is 11.1 Å². The smallest absolute Gasteiger partial charge is 0.138 e. The maximum atomic E-state index is 5.99. The molecule has 1 aromatic heterocycles. The Balaban J connectivity index is 1.87. The Morgan fingerprint density at radius 2 is 1.90 bits per heavy atom. The number of hydrogen-bond donors (Lipinski definition) is 0. The van der Waals surface area contributed by atoms with Gasteiger partial charge in [-0.2, -0.15) is 0 Å². The molecule has 0 radical (unpaired) electrons. The number of thiophene rings is 1. The fourth-order valence-electron chi connectivity index (χ4n) is 2.11. The standard InChI is InChI=1S/C16H12BrClOS/c17-14-6-3-4-11(8-18)16(14)19-9-12-10-20-15-7-2-1-5-13(12)15/h1-7,10H,8-9H2. The Bertz CT molecular complexity index is 738. The molecule has 0 saturated carbocycles. The van der Waals surface area contributed by atoms with E-state index in [0.29, 0.717) is 12.5 Å². The van der Waals surface area contributed by atoms with Crippen LogP contribution in [0.4, 0.5) is 0 Å². The van der Waals surface area contributed by atoms with Gasteiger partial charge < -0.3 is 4.74 Å². The summed E-state index contributed by atoms with van der Waals surface area (Å²) in [7, 11) is 0. The molecule has 0 bridgehead atoms. The molecule has 0 aliphatic rings. The number of halogens is 2. The molecule has 0 aliphatic carbocycles. The van der Waals surface area contributed by atoms with Crippen LogP contribution in [0.25, 0.3) is 10.1 Å². The minimum Gasteiger partial charge on any atom is -0.487 e. The Morgan fingerprint density at radius 1 is 1.05 bits per heavy atom. The molecular weight excluding hydrogens is 356 g/mol. The highest BCUT2D eigenvalue weighted by Crippen LogP contribution is 2.32. The summed E-state index contributed by atoms with van der Waals surface area (Å²) in [6.07, 6.45) is 0. The fraction of sp³-hybridized carbons (Fsp3) is 0.125. The van der Waals surface area contributed by atoms with Gasteiger partial charge in [-0.3, -0.25) is 0 Å². The summed E-state index contributed by atoms with van der Waals surface area (Å²) in [6, 6.07) is 14.3. The van der Waals surface area contributed by atoms with E-state index in [1.54, 1.807) is 11.3 Å². The first-order valence-electron chi connectivity index (χ1n) is 6.21. The molecule has 0 aliphatic heterocycles. The van der Waals surface area contributed by atoms with Crippen LogP contribution in [0.2, 0.25) is 0 Å². The normalized spacial score (nSPS) is 10.9. The third-order valence-corrected chi connectivity index (χ3v) is 5.05. The van der Waals surface area contributed by atoms with E-state index in [-0.39, 0.29) is 0 Å². The zero-order valence-corrected chi connectivity index (χ0v) is 13.8. The summed E-state index contributed by atoms with van der Waals surface area (Å²) in [6.45, 7) is 0.552. The van der Waals surface area contributed by atoms with Gasteiger partial charge in [0.25, 0.3) is 0 Å². The third kappa shape index (κ3) is 2.71. The third-order valence-electron chi connectivity index (χ3n) is 3.13. The first kappa shape index (κ1) is 13.9. The molecule has 4 heteroatoms. The van der Waals surface area contributed by atoms with Crippen molar-refractivity contribution in [3.63, 3.8) is 0 Å². The fourth-order valence-corrected chi connectivity index (χ4v) is 3.79. The van der Waals surface area contributed by atoms with Crippen molar-refractivity contribution in [1.29, 1.82) is 0 Å². The number of fused-ring (bicyclic) bond motifs is 1. The van der Waals surface area contributed by atoms with E-state index in [1.165, 1.54) is 15.6 Å². The van der Waals surface area contributed by atoms with Crippen molar-refractivity contribution in [1.82, 2.24) is 0 Å². The monoisotopic (exact) mass is 366 g/mol. The lowest BCUT2D eigenvalue weighted by atomic mass is 10.2. The number of benzene rings is 2. The Labute approximate surface area is 135 Å². The maximum absolute atomic E-state index is 5.99. The molecule has 0 amide bonds. The first-order chi connectivity index (χ1) is 9.79. The average molecular weight is 368 g/mol. The molecule has 1 heterocycles. The summed E-state index contributed by atoms with van der Waals surface area (Å²) >= 11 is 11.2. The number of hydrogen-bond acceptors (Lipinski definition) is 2. The van der Waals surface area contributed by atoms with Crippen LogP contribution in [0.5, 0.6) is 5.75 Å². The van der Waals surface area contributed by atoms with Gasteiger partial charge in [0.2, 0.25) is 0 Å². The van der Waals surface area contributed by atoms with Crippen LogP contribution >= 0.6 is 38.9 Å². The molecule has 0 saturated heterocycles. The van der Waals surface area contributed by atoms with Gasteiger partial charge in [-0.25, -0.2) is 0 Å². The lowest BCUT2D eigenvalue weighted by Crippen LogP contribution is -1.98. The molecule has 1 nitrogen and oxygen atoms in total. The van der Waals surface area contributed by atoms with Crippen LogP contribution < -0.4 is 4.74 Å². The Hall–Kier alpha value is -1.03. The minimum absolute atomic E-state index is 0.444. The van der Waals surface area contributed by atoms with Gasteiger partial charge >= 0.3 is 0 Å². The first-order valence-corrected chi connectivity index (χ1v) is 8.41. The molecular formula is C16H12BrClOS. The highest BCUT2D eigenvalue weighted by atomic mass is 79.9. The predicted octanol–water partition coefficient (Wildman–Crippen LogP) is 5.98. The van der Waals surface area contributed by atoms with Crippen LogP contribution in [0.15, 0.2) is 52.3 Å². The number of para-hydroxylation sites is 1. The zero-order valence-electron chi connectivity index (χ0n) is 10.6. The van der Waals surface area contributed by atoms with Gasteiger partial charge in [0.05, 0.1) is 10.4 Å². The van der Waals surface area contributed by atoms with Crippen molar-refractivity contribution in [2.75, 3.05) is 0 Å². The highest BCUT2D eigenvalue weighted by Gasteiger charge is 2.09. The lowest BCUT2D eigenvalue weighted by molar-refractivity contribution is 0.303. The Morgan fingerprint density at radius 3 is 2.75 bits per heavy atom. The second-order valence-electron chi connectivity index (χ2n) is 4.41. The molecule has 0 unspecified atom stereocenters. The van der Waals surface area contributed by atoms with Gasteiger partial charge in [-0.15, -0.1) is 22.9 Å². The van der Waals surface area contributed by atoms with Gasteiger partial charge in [0.1, 0.15) is 12.4 Å². The molecule has 0 fully saturated rings. The van der Waals surface area contributed by atoms with Crippen molar-refractivity contribution >= 4 is 49.0 Å². The van der Waals surface area contributed by atoms with E-state index in [0.717, 1.165) is 15.8 Å². The molecule has 0 N–H and O–H groups in total. The van der Waals surface area contributed by atoms with Gasteiger partial charge in [0, 0.05) is 15.8 Å². The summed E-state index contributed by atoms with van der Waals surface area (Å²) < 4.78 is 8.21. The van der Waals surface area contributed by atoms with Gasteiger partial charge in [-0.1, -0.05) is 30.3 Å². The molecule has 102 valence electrons. The highest BCUT2D eigenvalue weighted by molar-refractivity contribution is 9.10. The minimum atomic E-state index is 0.444. The maximum Gasteiger partial charge on any atom is 0.138 e. The van der Waals surface area contributed by atoms with E-state index >= 15 is 0 Å². The number of ether oxygens (including phenoxy) is 1. The van der Waals surface area contributed by atoms with Crippen molar-refractivity contribution < 1.29 is 4.74 Å². The molecule has 3 aromatic rings. The number of alkyl halides is 1. The van der Waals surface area contributed by atoms with Crippen molar-refractivity contribution in [3.8, 4) is 5.75 Å². The molecule has 20 heavy (non-hydrogen) atoms. The van der Waals surface area contributed by atoms with Crippen LogP contribution in [-0.4, -0.2) is 0 Å². The summed E-state index contributed by atoms with van der Waals surface area (Å²) in [5.41, 5.74) is 2.21. The summed E-state index contributed by atoms with van der Waals surface area (Å²) in [4.78, 5) is 0. The van der Waals surface area contributed by atoms with E-state index in [9.17, 15) is 0 Å². The molecule has 2 aromatic carbocycles. The van der Waals surface area contributed by atoms with E-state index in [1.807, 2.05) is 18.2 Å². The topological polar surface area (TPSA) is 9.23 Å². The van der Waals surface area contributed by atoms with Crippen molar-refractivity contribution in [2.45, 2.75) is 12.5 Å². The quantitative estimate of drug-likeness (QED) is 0.515.